The summed E-state index contributed by atoms with van der Waals surface area (Å²) in [6, 6.07) is 0. The molecule has 0 aromatic heterocycles. The number of rotatable bonds is 11. The number of carboxylic acids is 2. The van der Waals surface area contributed by atoms with Crippen LogP contribution in [0.5, 0.6) is 0 Å². The predicted molar refractivity (Wildman–Crippen MR) is 99.2 cm³/mol. The topological polar surface area (TPSA) is 94.8 Å². The van der Waals surface area contributed by atoms with Crippen LogP contribution in [-0.4, -0.2) is 33.9 Å². The van der Waals surface area contributed by atoms with Gasteiger partial charge in [-0.05, 0) is 20.3 Å². The second-order valence-corrected chi connectivity index (χ2v) is 5.72. The fraction of sp³-hybridized carbons (Fsp3) is 0.684. The summed E-state index contributed by atoms with van der Waals surface area (Å²) in [5, 5.41) is 24.3. The average Bonchev–Trinajstić information content (AvgIpc) is 2.51. The lowest BCUT2D eigenvalue weighted by Crippen LogP contribution is -1.92. The molecule has 0 spiro atoms. The highest BCUT2D eigenvalue weighted by Crippen LogP contribution is 2.08. The second-order valence-electron chi connectivity index (χ2n) is 5.72. The van der Waals surface area contributed by atoms with E-state index in [2.05, 4.69) is 20.1 Å². The number of carboxylic acid groups (broad SMARTS) is 2. The van der Waals surface area contributed by atoms with Crippen LogP contribution in [-0.2, 0) is 9.59 Å². The molecule has 24 heavy (non-hydrogen) atoms. The largest absolute Gasteiger partial charge is 0.478 e. The Morgan fingerprint density at radius 1 is 0.708 bits per heavy atom. The van der Waals surface area contributed by atoms with Crippen LogP contribution in [0.25, 0.3) is 0 Å². The third kappa shape index (κ3) is 32.4. The molecule has 142 valence electrons. The molecular formula is C19H36O5. The number of aliphatic carboxylic acids is 2. The molecule has 0 aliphatic heterocycles. The standard InChI is InChI=1S/C11H24O.2C4H6O2/c1-2-3-4-5-6-7-8-9-10-11-12;2*1-3(2)4(5)6/h12H,2-11H2,1H3;2*1H2,2H3,(H,5,6). The quantitative estimate of drug-likeness (QED) is 0.369. The van der Waals surface area contributed by atoms with Crippen molar-refractivity contribution < 1.29 is 24.9 Å². The van der Waals surface area contributed by atoms with Gasteiger partial charge in [0.25, 0.3) is 0 Å². The Morgan fingerprint density at radius 3 is 1.17 bits per heavy atom. The van der Waals surface area contributed by atoms with Gasteiger partial charge < -0.3 is 15.3 Å². The summed E-state index contributed by atoms with van der Waals surface area (Å²) in [7, 11) is 0. The zero-order valence-electron chi connectivity index (χ0n) is 15.6. The molecule has 0 saturated heterocycles. The Balaban J connectivity index is -0.000000309. The highest BCUT2D eigenvalue weighted by Gasteiger charge is 1.91. The SMILES string of the molecule is C=C(C)C(=O)O.C=C(C)C(=O)O.CCCCCCCCCCCO. The Bertz CT molecular complexity index is 290. The monoisotopic (exact) mass is 344 g/mol. The number of hydrogen-bond donors (Lipinski definition) is 3. The smallest absolute Gasteiger partial charge is 0.330 e. The highest BCUT2D eigenvalue weighted by atomic mass is 16.4. The van der Waals surface area contributed by atoms with E-state index in [9.17, 15) is 9.59 Å². The van der Waals surface area contributed by atoms with Crippen LogP contribution in [0.2, 0.25) is 0 Å². The number of hydrogen-bond acceptors (Lipinski definition) is 3. The molecule has 5 heteroatoms. The maximum Gasteiger partial charge on any atom is 0.330 e. The van der Waals surface area contributed by atoms with E-state index < -0.39 is 11.9 Å². The summed E-state index contributed by atoms with van der Waals surface area (Å²) < 4.78 is 0. The maximum absolute atomic E-state index is 9.60. The van der Waals surface area contributed by atoms with E-state index in [1.54, 1.807) is 0 Å². The van der Waals surface area contributed by atoms with E-state index in [1.165, 1.54) is 65.2 Å². The van der Waals surface area contributed by atoms with Crippen molar-refractivity contribution in [1.82, 2.24) is 0 Å². The first kappa shape index (κ1) is 27.2. The van der Waals surface area contributed by atoms with Crippen molar-refractivity contribution in [2.75, 3.05) is 6.61 Å². The van der Waals surface area contributed by atoms with Crippen LogP contribution in [0, 0.1) is 0 Å². The highest BCUT2D eigenvalue weighted by molar-refractivity contribution is 5.85. The first-order valence-corrected chi connectivity index (χ1v) is 8.59. The van der Waals surface area contributed by atoms with Crippen molar-refractivity contribution in [2.24, 2.45) is 0 Å². The minimum Gasteiger partial charge on any atom is -0.478 e. The average molecular weight is 344 g/mol. The first-order chi connectivity index (χ1) is 11.2. The molecule has 0 bridgehead atoms. The van der Waals surface area contributed by atoms with E-state index in [1.807, 2.05) is 0 Å². The number of carbonyl (C=O) groups is 2. The molecule has 0 unspecified atom stereocenters. The summed E-state index contributed by atoms with van der Waals surface area (Å²) in [4.78, 5) is 19.2. The first-order valence-electron chi connectivity index (χ1n) is 8.59. The van der Waals surface area contributed by atoms with Gasteiger partial charge in [0.1, 0.15) is 0 Å². The normalized spacial score (nSPS) is 9.00. The summed E-state index contributed by atoms with van der Waals surface area (Å²) in [5.74, 6) is -1.87. The molecule has 0 aromatic carbocycles. The Kier molecular flexibility index (Phi) is 24.3. The van der Waals surface area contributed by atoms with E-state index >= 15 is 0 Å². The molecule has 0 heterocycles. The van der Waals surface area contributed by atoms with E-state index in [-0.39, 0.29) is 11.1 Å². The summed E-state index contributed by atoms with van der Waals surface area (Å²) in [5.41, 5.74) is 0.352. The molecule has 0 aliphatic carbocycles. The lowest BCUT2D eigenvalue weighted by atomic mass is 10.1. The van der Waals surface area contributed by atoms with Gasteiger partial charge >= 0.3 is 11.9 Å². The number of aliphatic hydroxyl groups is 1. The van der Waals surface area contributed by atoms with Crippen molar-refractivity contribution in [1.29, 1.82) is 0 Å². The van der Waals surface area contributed by atoms with E-state index in [0.717, 1.165) is 6.42 Å². The van der Waals surface area contributed by atoms with Crippen LogP contribution in [0.4, 0.5) is 0 Å². The Morgan fingerprint density at radius 2 is 0.958 bits per heavy atom. The van der Waals surface area contributed by atoms with Gasteiger partial charge in [0, 0.05) is 17.8 Å². The summed E-state index contributed by atoms with van der Waals surface area (Å²) in [6.45, 7) is 11.8. The van der Waals surface area contributed by atoms with Crippen LogP contribution >= 0.6 is 0 Å². The van der Waals surface area contributed by atoms with Gasteiger partial charge in [0.2, 0.25) is 0 Å². The molecule has 0 amide bonds. The van der Waals surface area contributed by atoms with Gasteiger partial charge in [-0.2, -0.15) is 0 Å². The van der Waals surface area contributed by atoms with E-state index in [4.69, 9.17) is 15.3 Å². The van der Waals surface area contributed by atoms with Gasteiger partial charge in [-0.25, -0.2) is 9.59 Å². The minimum atomic E-state index is -0.935. The van der Waals surface area contributed by atoms with Crippen molar-refractivity contribution in [3.05, 3.63) is 24.3 Å². The van der Waals surface area contributed by atoms with Crippen LogP contribution in [0.1, 0.15) is 78.6 Å². The molecule has 0 aromatic rings. The molecule has 3 N–H and O–H groups in total. The third-order valence-electron chi connectivity index (χ3n) is 2.99. The fourth-order valence-electron chi connectivity index (χ4n) is 1.42. The molecule has 0 saturated carbocycles. The van der Waals surface area contributed by atoms with Crippen LogP contribution in [0.3, 0.4) is 0 Å². The lowest BCUT2D eigenvalue weighted by Gasteiger charge is -1.99. The lowest BCUT2D eigenvalue weighted by molar-refractivity contribution is -0.133. The number of unbranched alkanes of at least 4 members (excludes halogenated alkanes) is 8. The minimum absolute atomic E-state index is 0.176. The molecule has 0 radical (unpaired) electrons. The van der Waals surface area contributed by atoms with Crippen molar-refractivity contribution in [3.8, 4) is 0 Å². The second kappa shape index (κ2) is 21.4. The molecule has 0 aliphatic rings. The van der Waals surface area contributed by atoms with Gasteiger partial charge in [0.05, 0.1) is 0 Å². The predicted octanol–water partition coefficient (Wildman–Crippen LogP) is 4.80. The molecule has 0 fully saturated rings. The molecular weight excluding hydrogens is 308 g/mol. The van der Waals surface area contributed by atoms with Crippen LogP contribution < -0.4 is 0 Å². The van der Waals surface area contributed by atoms with Crippen molar-refractivity contribution in [2.45, 2.75) is 78.6 Å². The molecule has 5 nitrogen and oxygen atoms in total. The van der Waals surface area contributed by atoms with Crippen molar-refractivity contribution >= 4 is 11.9 Å². The summed E-state index contributed by atoms with van der Waals surface area (Å²) in [6.07, 6.45) is 11.8. The maximum atomic E-state index is 9.60. The molecule has 0 rings (SSSR count). The number of aliphatic hydroxyl groups excluding tert-OH is 1. The summed E-state index contributed by atoms with van der Waals surface area (Å²) >= 11 is 0. The van der Waals surface area contributed by atoms with Crippen LogP contribution in [0.15, 0.2) is 24.3 Å². The van der Waals surface area contributed by atoms with Crippen molar-refractivity contribution in [3.63, 3.8) is 0 Å². The van der Waals surface area contributed by atoms with Gasteiger partial charge in [-0.1, -0.05) is 71.4 Å². The van der Waals surface area contributed by atoms with Gasteiger partial charge in [-0.3, -0.25) is 0 Å². The molecule has 0 atom stereocenters. The third-order valence-corrected chi connectivity index (χ3v) is 2.99. The Labute approximate surface area is 147 Å². The zero-order valence-corrected chi connectivity index (χ0v) is 15.6. The zero-order chi connectivity index (χ0) is 19.4. The fourth-order valence-corrected chi connectivity index (χ4v) is 1.42. The van der Waals surface area contributed by atoms with Gasteiger partial charge in [-0.15, -0.1) is 0 Å². The van der Waals surface area contributed by atoms with E-state index in [0.29, 0.717) is 6.61 Å². The van der Waals surface area contributed by atoms with Gasteiger partial charge in [0.15, 0.2) is 0 Å². The Hall–Kier alpha value is -1.62.